The van der Waals surface area contributed by atoms with Crippen LogP contribution in [0.5, 0.6) is 0 Å². The van der Waals surface area contributed by atoms with Crippen molar-refractivity contribution in [3.8, 4) is 0 Å². The summed E-state index contributed by atoms with van der Waals surface area (Å²) in [6, 6.07) is 0. The average Bonchev–Trinajstić information content (AvgIpc) is 2.12. The number of halogens is 1. The summed E-state index contributed by atoms with van der Waals surface area (Å²) < 4.78 is 21.6. The lowest BCUT2D eigenvalue weighted by Crippen LogP contribution is -2.43. The molecule has 0 heterocycles. The van der Waals surface area contributed by atoms with Gasteiger partial charge in [-0.2, -0.15) is 0 Å². The van der Waals surface area contributed by atoms with Crippen LogP contribution in [0.4, 0.5) is 9.18 Å². The van der Waals surface area contributed by atoms with E-state index in [0.29, 0.717) is 0 Å². The second kappa shape index (κ2) is 4.64. The number of nitrogens with one attached hydrogen (secondary N) is 1. The SMILES string of the molecule is COC(=O)NC[C@@](C)(F)C(=O)OC. The normalized spacial score (nSPS) is 14.2. The molecule has 0 aromatic heterocycles. The van der Waals surface area contributed by atoms with Crippen LogP contribution in [0.2, 0.25) is 0 Å². The van der Waals surface area contributed by atoms with E-state index in [1.807, 2.05) is 0 Å². The summed E-state index contributed by atoms with van der Waals surface area (Å²) in [5, 5.41) is 2.05. The van der Waals surface area contributed by atoms with Gasteiger partial charge < -0.3 is 14.8 Å². The van der Waals surface area contributed by atoms with E-state index in [2.05, 4.69) is 14.8 Å². The average molecular weight is 193 g/mol. The summed E-state index contributed by atoms with van der Waals surface area (Å²) in [7, 11) is 2.21. The van der Waals surface area contributed by atoms with Crippen molar-refractivity contribution in [3.05, 3.63) is 0 Å². The molecule has 0 aliphatic carbocycles. The maximum absolute atomic E-state index is 13.2. The molecule has 1 N–H and O–H groups in total. The number of rotatable bonds is 3. The molecule has 0 unspecified atom stereocenters. The van der Waals surface area contributed by atoms with Gasteiger partial charge in [-0.3, -0.25) is 0 Å². The Bertz CT molecular complexity index is 205. The Morgan fingerprint density at radius 1 is 1.38 bits per heavy atom. The first-order chi connectivity index (χ1) is 5.94. The molecule has 0 aromatic carbocycles. The fourth-order valence-electron chi connectivity index (χ4n) is 0.595. The largest absolute Gasteiger partial charge is 0.467 e. The topological polar surface area (TPSA) is 64.6 Å². The van der Waals surface area contributed by atoms with Crippen LogP contribution < -0.4 is 5.32 Å². The van der Waals surface area contributed by atoms with Gasteiger partial charge in [0.2, 0.25) is 5.67 Å². The van der Waals surface area contributed by atoms with Gasteiger partial charge in [0.05, 0.1) is 20.8 Å². The molecule has 0 spiro atoms. The highest BCUT2D eigenvalue weighted by Crippen LogP contribution is 2.10. The van der Waals surface area contributed by atoms with Crippen molar-refractivity contribution in [1.29, 1.82) is 0 Å². The summed E-state index contributed by atoms with van der Waals surface area (Å²) in [5.41, 5.74) is -2.23. The number of methoxy groups -OCH3 is 2. The van der Waals surface area contributed by atoms with Gasteiger partial charge in [0, 0.05) is 0 Å². The molecule has 13 heavy (non-hydrogen) atoms. The zero-order valence-electron chi connectivity index (χ0n) is 7.72. The molecule has 0 saturated heterocycles. The number of alkyl halides is 1. The maximum Gasteiger partial charge on any atom is 0.406 e. The number of carbonyl (C=O) groups excluding carboxylic acids is 2. The van der Waals surface area contributed by atoms with Crippen LogP contribution in [0, 0.1) is 0 Å². The van der Waals surface area contributed by atoms with Crippen LogP contribution in [0.1, 0.15) is 6.92 Å². The molecule has 0 fully saturated rings. The van der Waals surface area contributed by atoms with Crippen molar-refractivity contribution in [2.24, 2.45) is 0 Å². The van der Waals surface area contributed by atoms with Gasteiger partial charge in [-0.05, 0) is 6.92 Å². The molecule has 0 radical (unpaired) electrons. The van der Waals surface area contributed by atoms with Crippen LogP contribution in [-0.4, -0.2) is 38.5 Å². The zero-order chi connectivity index (χ0) is 10.5. The number of ether oxygens (including phenoxy) is 2. The highest BCUT2D eigenvalue weighted by atomic mass is 19.1. The summed E-state index contributed by atoms with van der Waals surface area (Å²) in [6.07, 6.45) is -0.798. The lowest BCUT2D eigenvalue weighted by Gasteiger charge is -2.16. The molecule has 1 amide bonds. The lowest BCUT2D eigenvalue weighted by molar-refractivity contribution is -0.153. The van der Waals surface area contributed by atoms with Crippen LogP contribution in [0.3, 0.4) is 0 Å². The lowest BCUT2D eigenvalue weighted by atomic mass is 10.1. The Hall–Kier alpha value is -1.33. The number of hydrogen-bond acceptors (Lipinski definition) is 4. The molecular formula is C7H12FNO4. The van der Waals surface area contributed by atoms with Gasteiger partial charge in [0.15, 0.2) is 0 Å². The Morgan fingerprint density at radius 2 is 1.92 bits per heavy atom. The van der Waals surface area contributed by atoms with Crippen LogP contribution >= 0.6 is 0 Å². The van der Waals surface area contributed by atoms with Gasteiger partial charge in [0.1, 0.15) is 0 Å². The van der Waals surface area contributed by atoms with Gasteiger partial charge in [-0.15, -0.1) is 0 Å². The second-order valence-electron chi connectivity index (χ2n) is 2.53. The van der Waals surface area contributed by atoms with Gasteiger partial charge in [0.25, 0.3) is 0 Å². The molecule has 5 nitrogen and oxygen atoms in total. The molecule has 0 bridgehead atoms. The molecule has 1 atom stereocenters. The fraction of sp³-hybridized carbons (Fsp3) is 0.714. The zero-order valence-corrected chi connectivity index (χ0v) is 7.72. The van der Waals surface area contributed by atoms with Gasteiger partial charge in [-0.1, -0.05) is 0 Å². The summed E-state index contributed by atoms with van der Waals surface area (Å²) in [4.78, 5) is 21.3. The summed E-state index contributed by atoms with van der Waals surface area (Å²) in [5.74, 6) is -1.04. The second-order valence-corrected chi connectivity index (χ2v) is 2.53. The standard InChI is InChI=1S/C7H12FNO4/c1-7(8,5(10)12-2)4-9-6(11)13-3/h4H2,1-3H3,(H,9,11)/t7-/m1/s1. The number of hydrogen-bond donors (Lipinski definition) is 1. The van der Waals surface area contributed by atoms with Gasteiger partial charge in [-0.25, -0.2) is 14.0 Å². The molecular weight excluding hydrogens is 181 g/mol. The predicted octanol–water partition coefficient (Wildman–Crippen LogP) is 0.244. The molecule has 0 aliphatic heterocycles. The smallest absolute Gasteiger partial charge is 0.406 e. The van der Waals surface area contributed by atoms with Crippen molar-refractivity contribution in [1.82, 2.24) is 5.32 Å². The third kappa shape index (κ3) is 3.73. The molecule has 6 heteroatoms. The predicted molar refractivity (Wildman–Crippen MR) is 41.9 cm³/mol. The van der Waals surface area contributed by atoms with E-state index in [-0.39, 0.29) is 0 Å². The van der Waals surface area contributed by atoms with Crippen LogP contribution in [-0.2, 0) is 14.3 Å². The van der Waals surface area contributed by atoms with Crippen LogP contribution in [0.15, 0.2) is 0 Å². The molecule has 0 rings (SSSR count). The van der Waals surface area contributed by atoms with Crippen molar-refractivity contribution in [2.75, 3.05) is 20.8 Å². The van der Waals surface area contributed by atoms with Gasteiger partial charge >= 0.3 is 12.1 Å². The third-order valence-corrected chi connectivity index (χ3v) is 1.36. The van der Waals surface area contributed by atoms with Crippen molar-refractivity contribution < 1.29 is 23.5 Å². The number of esters is 1. The fourth-order valence-corrected chi connectivity index (χ4v) is 0.595. The maximum atomic E-state index is 13.2. The number of carbonyl (C=O) groups is 2. The molecule has 76 valence electrons. The monoisotopic (exact) mass is 193 g/mol. The Labute approximate surface area is 75.2 Å². The van der Waals surface area contributed by atoms with E-state index in [0.717, 1.165) is 21.1 Å². The van der Waals surface area contributed by atoms with Crippen molar-refractivity contribution in [3.63, 3.8) is 0 Å². The molecule has 0 aliphatic rings. The summed E-state index contributed by atoms with van der Waals surface area (Å²) in [6.45, 7) is 0.529. The highest BCUT2D eigenvalue weighted by Gasteiger charge is 2.34. The Kier molecular flexibility index (Phi) is 4.16. The van der Waals surface area contributed by atoms with E-state index >= 15 is 0 Å². The van der Waals surface area contributed by atoms with E-state index in [1.54, 1.807) is 0 Å². The minimum Gasteiger partial charge on any atom is -0.467 e. The quantitative estimate of drug-likeness (QED) is 0.652. The Morgan fingerprint density at radius 3 is 2.31 bits per heavy atom. The Balaban J connectivity index is 4.03. The first-order valence-electron chi connectivity index (χ1n) is 3.53. The number of alkyl carbamates (subject to hydrolysis) is 1. The summed E-state index contributed by atoms with van der Waals surface area (Å²) >= 11 is 0. The first kappa shape index (κ1) is 11.7. The number of amides is 1. The van der Waals surface area contributed by atoms with Crippen molar-refractivity contribution >= 4 is 12.1 Å². The minimum atomic E-state index is -2.23. The van der Waals surface area contributed by atoms with Crippen molar-refractivity contribution in [2.45, 2.75) is 12.6 Å². The third-order valence-electron chi connectivity index (χ3n) is 1.36. The van der Waals surface area contributed by atoms with E-state index < -0.39 is 24.3 Å². The highest BCUT2D eigenvalue weighted by molar-refractivity contribution is 5.80. The van der Waals surface area contributed by atoms with Crippen LogP contribution in [0.25, 0.3) is 0 Å². The van der Waals surface area contributed by atoms with E-state index in [4.69, 9.17) is 0 Å². The van der Waals surface area contributed by atoms with E-state index in [9.17, 15) is 14.0 Å². The van der Waals surface area contributed by atoms with E-state index in [1.165, 1.54) is 0 Å². The first-order valence-corrected chi connectivity index (χ1v) is 3.53. The molecule has 0 saturated carbocycles. The minimum absolute atomic E-state index is 0.480. The molecule has 0 aromatic rings.